The highest BCUT2D eigenvalue weighted by molar-refractivity contribution is 5.76. The van der Waals surface area contributed by atoms with Crippen molar-refractivity contribution in [1.29, 1.82) is 0 Å². The maximum atomic E-state index is 13.1. The summed E-state index contributed by atoms with van der Waals surface area (Å²) in [6.07, 6.45) is 0. The molecule has 1 aromatic rings. The van der Waals surface area contributed by atoms with E-state index in [2.05, 4.69) is 0 Å². The molecule has 1 N–H and O–H groups in total. The third-order valence-electron chi connectivity index (χ3n) is 2.01. The molecule has 0 fully saturated rings. The SMILES string of the molecule is COc1cc(OC(C)(C)C(=O)O)ccc1F. The van der Waals surface area contributed by atoms with Crippen molar-refractivity contribution in [3.8, 4) is 11.5 Å². The molecule has 0 saturated carbocycles. The van der Waals surface area contributed by atoms with Crippen molar-refractivity contribution in [3.05, 3.63) is 24.0 Å². The Labute approximate surface area is 92.6 Å². The van der Waals surface area contributed by atoms with Gasteiger partial charge in [-0.1, -0.05) is 0 Å². The van der Waals surface area contributed by atoms with Crippen LogP contribution in [0.3, 0.4) is 0 Å². The highest BCUT2D eigenvalue weighted by Crippen LogP contribution is 2.26. The van der Waals surface area contributed by atoms with Crippen LogP contribution in [0.15, 0.2) is 18.2 Å². The van der Waals surface area contributed by atoms with Gasteiger partial charge in [0.1, 0.15) is 5.75 Å². The van der Waals surface area contributed by atoms with Crippen LogP contribution in [0.4, 0.5) is 4.39 Å². The molecule has 16 heavy (non-hydrogen) atoms. The first-order chi connectivity index (χ1) is 7.36. The zero-order valence-electron chi connectivity index (χ0n) is 9.28. The Bertz CT molecular complexity index is 401. The van der Waals surface area contributed by atoms with Gasteiger partial charge < -0.3 is 14.6 Å². The largest absolute Gasteiger partial charge is 0.494 e. The number of carboxylic acid groups (broad SMARTS) is 1. The Balaban J connectivity index is 2.94. The minimum atomic E-state index is -1.37. The Morgan fingerprint density at radius 3 is 2.56 bits per heavy atom. The van der Waals surface area contributed by atoms with E-state index in [1.165, 1.54) is 33.1 Å². The van der Waals surface area contributed by atoms with E-state index in [1.54, 1.807) is 0 Å². The highest BCUT2D eigenvalue weighted by Gasteiger charge is 2.29. The quantitative estimate of drug-likeness (QED) is 0.857. The molecule has 0 bridgehead atoms. The third-order valence-corrected chi connectivity index (χ3v) is 2.01. The molecule has 0 aliphatic carbocycles. The standard InChI is InChI=1S/C11H13FO4/c1-11(2,10(13)14)16-7-4-5-8(12)9(6-7)15-3/h4-6H,1-3H3,(H,13,14). The van der Waals surface area contributed by atoms with E-state index in [9.17, 15) is 9.18 Å². The van der Waals surface area contributed by atoms with Crippen LogP contribution in [-0.4, -0.2) is 23.8 Å². The Morgan fingerprint density at radius 2 is 2.06 bits per heavy atom. The Morgan fingerprint density at radius 1 is 1.44 bits per heavy atom. The van der Waals surface area contributed by atoms with Crippen LogP contribution in [0.1, 0.15) is 13.8 Å². The van der Waals surface area contributed by atoms with Crippen molar-refractivity contribution < 1.29 is 23.8 Å². The predicted octanol–water partition coefficient (Wildman–Crippen LogP) is 2.08. The molecule has 0 saturated heterocycles. The van der Waals surface area contributed by atoms with Gasteiger partial charge in [0, 0.05) is 6.07 Å². The average molecular weight is 228 g/mol. The van der Waals surface area contributed by atoms with E-state index in [4.69, 9.17) is 14.6 Å². The number of hydrogen-bond acceptors (Lipinski definition) is 3. The molecule has 1 rings (SSSR count). The van der Waals surface area contributed by atoms with E-state index in [0.29, 0.717) is 0 Å². The van der Waals surface area contributed by atoms with E-state index >= 15 is 0 Å². The summed E-state index contributed by atoms with van der Waals surface area (Å²) in [6, 6.07) is 3.81. The lowest BCUT2D eigenvalue weighted by Crippen LogP contribution is -2.37. The number of benzene rings is 1. The van der Waals surface area contributed by atoms with Crippen LogP contribution >= 0.6 is 0 Å². The molecule has 0 heterocycles. The molecule has 0 spiro atoms. The van der Waals surface area contributed by atoms with Gasteiger partial charge in [-0.05, 0) is 26.0 Å². The van der Waals surface area contributed by atoms with Gasteiger partial charge in [-0.2, -0.15) is 0 Å². The molecule has 5 heteroatoms. The van der Waals surface area contributed by atoms with E-state index in [0.717, 1.165) is 6.07 Å². The number of hydrogen-bond donors (Lipinski definition) is 1. The first kappa shape index (κ1) is 12.3. The summed E-state index contributed by atoms with van der Waals surface area (Å²) < 4.78 is 23.0. The van der Waals surface area contributed by atoms with Crippen molar-refractivity contribution in [2.45, 2.75) is 19.4 Å². The lowest BCUT2D eigenvalue weighted by Gasteiger charge is -2.21. The van der Waals surface area contributed by atoms with Crippen LogP contribution in [0.25, 0.3) is 0 Å². The van der Waals surface area contributed by atoms with Gasteiger partial charge in [0.15, 0.2) is 17.2 Å². The van der Waals surface area contributed by atoms with Gasteiger partial charge in [-0.25, -0.2) is 9.18 Å². The molecular formula is C11H13FO4. The zero-order chi connectivity index (χ0) is 12.3. The van der Waals surface area contributed by atoms with Gasteiger partial charge in [0.25, 0.3) is 0 Å². The molecule has 4 nitrogen and oxygen atoms in total. The van der Waals surface area contributed by atoms with Crippen molar-refractivity contribution in [1.82, 2.24) is 0 Å². The maximum absolute atomic E-state index is 13.1. The first-order valence-corrected chi connectivity index (χ1v) is 4.63. The van der Waals surface area contributed by atoms with Crippen molar-refractivity contribution >= 4 is 5.97 Å². The number of aliphatic carboxylic acids is 1. The molecule has 1 aromatic carbocycles. The number of rotatable bonds is 4. The molecule has 0 atom stereocenters. The maximum Gasteiger partial charge on any atom is 0.347 e. The van der Waals surface area contributed by atoms with Crippen LogP contribution < -0.4 is 9.47 Å². The van der Waals surface area contributed by atoms with Gasteiger partial charge in [0.2, 0.25) is 0 Å². The molecule has 0 radical (unpaired) electrons. The van der Waals surface area contributed by atoms with Gasteiger partial charge in [0.05, 0.1) is 7.11 Å². The van der Waals surface area contributed by atoms with Crippen molar-refractivity contribution in [3.63, 3.8) is 0 Å². The normalized spacial score (nSPS) is 11.0. The summed E-state index contributed by atoms with van der Waals surface area (Å²) in [6.45, 7) is 2.82. The summed E-state index contributed by atoms with van der Waals surface area (Å²) >= 11 is 0. The van der Waals surface area contributed by atoms with Crippen LogP contribution in [0.2, 0.25) is 0 Å². The van der Waals surface area contributed by atoms with Crippen molar-refractivity contribution in [2.75, 3.05) is 7.11 Å². The minimum absolute atomic E-state index is 0.0127. The number of methoxy groups -OCH3 is 1. The van der Waals surface area contributed by atoms with E-state index in [1.807, 2.05) is 0 Å². The van der Waals surface area contributed by atoms with E-state index < -0.39 is 17.4 Å². The molecular weight excluding hydrogens is 215 g/mol. The topological polar surface area (TPSA) is 55.8 Å². The Hall–Kier alpha value is -1.78. The summed E-state index contributed by atoms with van der Waals surface area (Å²) in [7, 11) is 1.32. The fourth-order valence-corrected chi connectivity index (χ4v) is 1.04. The molecule has 0 unspecified atom stereocenters. The molecule has 0 aliphatic rings. The smallest absolute Gasteiger partial charge is 0.347 e. The lowest BCUT2D eigenvalue weighted by molar-refractivity contribution is -0.152. The Kier molecular flexibility index (Phi) is 3.37. The molecule has 0 aliphatic heterocycles. The predicted molar refractivity (Wildman–Crippen MR) is 55.3 cm³/mol. The number of ether oxygens (including phenoxy) is 2. The van der Waals surface area contributed by atoms with Crippen LogP contribution in [-0.2, 0) is 4.79 Å². The highest BCUT2D eigenvalue weighted by atomic mass is 19.1. The first-order valence-electron chi connectivity index (χ1n) is 4.63. The number of carboxylic acids is 1. The molecule has 0 amide bonds. The third kappa shape index (κ3) is 2.62. The molecule has 0 aromatic heterocycles. The number of carbonyl (C=O) groups is 1. The lowest BCUT2D eigenvalue weighted by atomic mass is 10.1. The minimum Gasteiger partial charge on any atom is -0.494 e. The fraction of sp³-hybridized carbons (Fsp3) is 0.364. The van der Waals surface area contributed by atoms with Gasteiger partial charge in [-0.15, -0.1) is 0 Å². The second kappa shape index (κ2) is 4.38. The monoisotopic (exact) mass is 228 g/mol. The summed E-state index contributed by atoms with van der Waals surface area (Å²) in [5.41, 5.74) is -1.37. The summed E-state index contributed by atoms with van der Waals surface area (Å²) in [4.78, 5) is 10.8. The number of halogens is 1. The second-order valence-electron chi connectivity index (χ2n) is 3.71. The van der Waals surface area contributed by atoms with Gasteiger partial charge >= 0.3 is 5.97 Å². The van der Waals surface area contributed by atoms with Crippen molar-refractivity contribution in [2.24, 2.45) is 0 Å². The molecule has 88 valence electrons. The fourth-order valence-electron chi connectivity index (χ4n) is 1.04. The van der Waals surface area contributed by atoms with Crippen LogP contribution in [0.5, 0.6) is 11.5 Å². The zero-order valence-corrected chi connectivity index (χ0v) is 9.28. The van der Waals surface area contributed by atoms with E-state index in [-0.39, 0.29) is 11.5 Å². The summed E-state index contributed by atoms with van der Waals surface area (Å²) in [5, 5.41) is 8.85. The summed E-state index contributed by atoms with van der Waals surface area (Å²) in [5.74, 6) is -1.37. The second-order valence-corrected chi connectivity index (χ2v) is 3.71. The van der Waals surface area contributed by atoms with Gasteiger partial charge in [-0.3, -0.25) is 0 Å². The van der Waals surface area contributed by atoms with Crippen LogP contribution in [0, 0.1) is 5.82 Å². The average Bonchev–Trinajstić information content (AvgIpc) is 2.20.